The molecule has 0 aliphatic heterocycles. The standard InChI is InChI=1S/C44H28N4/c1-4-16-29(17-5-1)36-28-37(30-18-6-2-7-19-30)46-44(45-36)48-39-27-15-13-25-35(39)41-33-23-11-10-22-32(33)40-34-24-12-14-26-38(34)47(42(40)43(41)48)31-20-8-3-9-21-31/h1-28H. The molecule has 0 saturated heterocycles. The van der Waals surface area contributed by atoms with Gasteiger partial charge < -0.3 is 4.57 Å². The number of hydrogen-bond acceptors (Lipinski definition) is 2. The Kier molecular flexibility index (Phi) is 5.84. The fraction of sp³-hybridized carbons (Fsp3) is 0. The lowest BCUT2D eigenvalue weighted by atomic mass is 9.98. The SMILES string of the molecule is c1ccc(-c2cc(-c3ccccc3)nc(-n3c4ccccc4c4c5ccccc5c5c6ccccc6n(-c6ccccc6)c5c43)n2)cc1. The number of para-hydroxylation sites is 3. The molecule has 10 aromatic rings. The average Bonchev–Trinajstić information content (AvgIpc) is 3.70. The van der Waals surface area contributed by atoms with Crippen LogP contribution in [0, 0.1) is 0 Å². The molecule has 0 atom stereocenters. The Hall–Kier alpha value is -6.52. The van der Waals surface area contributed by atoms with Gasteiger partial charge in [0.25, 0.3) is 0 Å². The molecule has 4 heteroatoms. The first-order chi connectivity index (χ1) is 23.8. The number of benzene rings is 7. The molecule has 10 rings (SSSR count). The molecule has 48 heavy (non-hydrogen) atoms. The summed E-state index contributed by atoms with van der Waals surface area (Å²) in [6.07, 6.45) is 0. The van der Waals surface area contributed by atoms with E-state index < -0.39 is 0 Å². The molecule has 224 valence electrons. The third-order valence-corrected chi connectivity index (χ3v) is 9.51. The van der Waals surface area contributed by atoms with Gasteiger partial charge in [-0.1, -0.05) is 140 Å². The van der Waals surface area contributed by atoms with Gasteiger partial charge in [-0.15, -0.1) is 0 Å². The molecule has 0 aliphatic carbocycles. The lowest BCUT2D eigenvalue weighted by Gasteiger charge is -2.14. The van der Waals surface area contributed by atoms with Gasteiger partial charge in [0, 0.05) is 38.4 Å². The third-order valence-electron chi connectivity index (χ3n) is 9.51. The zero-order valence-electron chi connectivity index (χ0n) is 26.0. The minimum absolute atomic E-state index is 0.642. The average molecular weight is 613 g/mol. The highest BCUT2D eigenvalue weighted by Crippen LogP contribution is 2.46. The van der Waals surface area contributed by atoms with Crippen LogP contribution in [0.2, 0.25) is 0 Å². The number of nitrogens with zero attached hydrogens (tertiary/aromatic N) is 4. The van der Waals surface area contributed by atoms with Crippen LogP contribution in [0.25, 0.3) is 88.5 Å². The fourth-order valence-electron chi connectivity index (χ4n) is 7.49. The van der Waals surface area contributed by atoms with Gasteiger partial charge in [0.1, 0.15) is 0 Å². The van der Waals surface area contributed by atoms with Crippen molar-refractivity contribution in [3.63, 3.8) is 0 Å². The van der Waals surface area contributed by atoms with Crippen molar-refractivity contribution in [3.8, 4) is 34.2 Å². The summed E-state index contributed by atoms with van der Waals surface area (Å²) in [4.78, 5) is 10.7. The monoisotopic (exact) mass is 612 g/mol. The number of aromatic nitrogens is 4. The topological polar surface area (TPSA) is 35.6 Å². The van der Waals surface area contributed by atoms with Crippen molar-refractivity contribution in [2.45, 2.75) is 0 Å². The van der Waals surface area contributed by atoms with Gasteiger partial charge in [-0.25, -0.2) is 9.97 Å². The van der Waals surface area contributed by atoms with Crippen molar-refractivity contribution >= 4 is 54.4 Å². The molecule has 0 fully saturated rings. The van der Waals surface area contributed by atoms with Crippen LogP contribution in [0.5, 0.6) is 0 Å². The molecule has 3 aromatic heterocycles. The van der Waals surface area contributed by atoms with Crippen LogP contribution >= 0.6 is 0 Å². The Morgan fingerprint density at radius 1 is 0.354 bits per heavy atom. The van der Waals surface area contributed by atoms with Crippen LogP contribution in [-0.4, -0.2) is 19.1 Å². The van der Waals surface area contributed by atoms with Crippen LogP contribution in [0.1, 0.15) is 0 Å². The summed E-state index contributed by atoms with van der Waals surface area (Å²) in [5.41, 5.74) is 9.44. The summed E-state index contributed by atoms with van der Waals surface area (Å²) in [5.74, 6) is 0.642. The van der Waals surface area contributed by atoms with E-state index in [1.807, 2.05) is 12.1 Å². The largest absolute Gasteiger partial charge is 0.307 e. The smallest absolute Gasteiger partial charge is 0.235 e. The van der Waals surface area contributed by atoms with Crippen LogP contribution in [0.3, 0.4) is 0 Å². The number of rotatable bonds is 4. The predicted molar refractivity (Wildman–Crippen MR) is 199 cm³/mol. The van der Waals surface area contributed by atoms with Gasteiger partial charge in [0.2, 0.25) is 5.95 Å². The summed E-state index contributed by atoms with van der Waals surface area (Å²) in [6, 6.07) is 59.9. The summed E-state index contributed by atoms with van der Waals surface area (Å²) in [7, 11) is 0. The summed E-state index contributed by atoms with van der Waals surface area (Å²) >= 11 is 0. The molecule has 7 aromatic carbocycles. The van der Waals surface area contributed by atoms with Gasteiger partial charge in [0.05, 0.1) is 33.5 Å². The van der Waals surface area contributed by atoms with E-state index in [4.69, 9.17) is 9.97 Å². The van der Waals surface area contributed by atoms with Crippen LogP contribution in [0.15, 0.2) is 170 Å². The molecule has 4 nitrogen and oxygen atoms in total. The maximum absolute atomic E-state index is 5.36. The highest BCUT2D eigenvalue weighted by molar-refractivity contribution is 6.36. The van der Waals surface area contributed by atoms with Gasteiger partial charge >= 0.3 is 0 Å². The van der Waals surface area contributed by atoms with Crippen molar-refractivity contribution in [1.29, 1.82) is 0 Å². The van der Waals surface area contributed by atoms with Crippen molar-refractivity contribution in [2.75, 3.05) is 0 Å². The molecule has 0 aliphatic rings. The highest BCUT2D eigenvalue weighted by Gasteiger charge is 2.25. The molecule has 3 heterocycles. The maximum Gasteiger partial charge on any atom is 0.235 e. The fourth-order valence-corrected chi connectivity index (χ4v) is 7.49. The van der Waals surface area contributed by atoms with Crippen molar-refractivity contribution in [1.82, 2.24) is 19.1 Å². The van der Waals surface area contributed by atoms with Gasteiger partial charge in [-0.3, -0.25) is 4.57 Å². The zero-order valence-corrected chi connectivity index (χ0v) is 26.0. The minimum Gasteiger partial charge on any atom is -0.307 e. The van der Waals surface area contributed by atoms with E-state index in [0.717, 1.165) is 50.3 Å². The van der Waals surface area contributed by atoms with Gasteiger partial charge in [0.15, 0.2) is 0 Å². The molecule has 0 saturated carbocycles. The molecule has 0 radical (unpaired) electrons. The van der Waals surface area contributed by atoms with Crippen LogP contribution in [0.4, 0.5) is 0 Å². The van der Waals surface area contributed by atoms with Gasteiger partial charge in [-0.05, 0) is 41.1 Å². The first-order valence-corrected chi connectivity index (χ1v) is 16.3. The first kappa shape index (κ1) is 26.7. The second-order valence-corrected chi connectivity index (χ2v) is 12.2. The third kappa shape index (κ3) is 3.90. The molecular weight excluding hydrogens is 585 g/mol. The van der Waals surface area contributed by atoms with E-state index in [9.17, 15) is 0 Å². The highest BCUT2D eigenvalue weighted by atomic mass is 15.2. The molecular formula is C44H28N4. The Labute approximate surface area is 276 Å². The lowest BCUT2D eigenvalue weighted by Crippen LogP contribution is -2.05. The Balaban J connectivity index is 1.47. The molecule has 0 amide bonds. The van der Waals surface area contributed by atoms with Crippen molar-refractivity contribution < 1.29 is 0 Å². The number of hydrogen-bond donors (Lipinski definition) is 0. The Morgan fingerprint density at radius 2 is 0.750 bits per heavy atom. The van der Waals surface area contributed by atoms with E-state index in [0.29, 0.717) is 5.95 Å². The summed E-state index contributed by atoms with van der Waals surface area (Å²) in [5, 5.41) is 7.26. The molecule has 0 unspecified atom stereocenters. The normalized spacial score (nSPS) is 11.8. The van der Waals surface area contributed by atoms with Crippen molar-refractivity contribution in [3.05, 3.63) is 170 Å². The number of fused-ring (bicyclic) bond motifs is 10. The zero-order chi connectivity index (χ0) is 31.6. The first-order valence-electron chi connectivity index (χ1n) is 16.3. The minimum atomic E-state index is 0.642. The Bertz CT molecular complexity index is 2760. The molecule has 0 spiro atoms. The second-order valence-electron chi connectivity index (χ2n) is 12.2. The summed E-state index contributed by atoms with van der Waals surface area (Å²) < 4.78 is 4.73. The second kappa shape index (κ2) is 10.5. The van der Waals surface area contributed by atoms with E-state index >= 15 is 0 Å². The Morgan fingerprint density at radius 3 is 1.27 bits per heavy atom. The molecule has 0 N–H and O–H groups in total. The summed E-state index contributed by atoms with van der Waals surface area (Å²) in [6.45, 7) is 0. The van der Waals surface area contributed by atoms with Crippen molar-refractivity contribution in [2.24, 2.45) is 0 Å². The van der Waals surface area contributed by atoms with E-state index in [-0.39, 0.29) is 0 Å². The predicted octanol–water partition coefficient (Wildman–Crippen LogP) is 11.2. The van der Waals surface area contributed by atoms with E-state index in [1.54, 1.807) is 0 Å². The van der Waals surface area contributed by atoms with E-state index in [1.165, 1.54) is 32.3 Å². The van der Waals surface area contributed by atoms with Gasteiger partial charge in [-0.2, -0.15) is 0 Å². The van der Waals surface area contributed by atoms with Crippen LogP contribution < -0.4 is 0 Å². The lowest BCUT2D eigenvalue weighted by molar-refractivity contribution is 0.995. The molecule has 0 bridgehead atoms. The maximum atomic E-state index is 5.36. The quantitative estimate of drug-likeness (QED) is 0.198. The van der Waals surface area contributed by atoms with E-state index in [2.05, 4.69) is 167 Å². The van der Waals surface area contributed by atoms with Crippen LogP contribution in [-0.2, 0) is 0 Å².